The average Bonchev–Trinajstić information content (AvgIpc) is 3.43. The van der Waals surface area contributed by atoms with E-state index in [1.165, 1.54) is 4.57 Å². The molecule has 0 spiro atoms. The van der Waals surface area contributed by atoms with Gasteiger partial charge in [0.25, 0.3) is 11.5 Å². The molecule has 222 valence electrons. The number of aliphatic imine (C=N–C) groups is 1. The van der Waals surface area contributed by atoms with Crippen molar-refractivity contribution in [3.8, 4) is 22.9 Å². The number of hydrogen-bond acceptors (Lipinski definition) is 7. The summed E-state index contributed by atoms with van der Waals surface area (Å²) >= 11 is 12.4. The fraction of sp³-hybridized carbons (Fsp3) is 0.312. The maximum atomic E-state index is 13.4. The predicted octanol–water partition coefficient (Wildman–Crippen LogP) is 6.57. The van der Waals surface area contributed by atoms with E-state index in [-0.39, 0.29) is 17.5 Å². The van der Waals surface area contributed by atoms with Crippen LogP contribution < -0.4 is 19.8 Å². The van der Waals surface area contributed by atoms with Crippen molar-refractivity contribution >= 4 is 51.9 Å². The zero-order chi connectivity index (χ0) is 30.1. The zero-order valence-corrected chi connectivity index (χ0v) is 25.3. The third kappa shape index (κ3) is 5.79. The Morgan fingerprint density at radius 1 is 0.977 bits per heavy atom. The molecule has 0 N–H and O–H groups in total. The number of benzene rings is 3. The van der Waals surface area contributed by atoms with Crippen LogP contribution in [0.25, 0.3) is 16.6 Å². The molecule has 0 bridgehead atoms. The maximum Gasteiger partial charge on any atom is 0.266 e. The van der Waals surface area contributed by atoms with Gasteiger partial charge in [-0.1, -0.05) is 23.2 Å². The van der Waals surface area contributed by atoms with E-state index in [1.54, 1.807) is 62.6 Å². The number of fused-ring (bicyclic) bond motifs is 3. The van der Waals surface area contributed by atoms with Crippen LogP contribution in [0.2, 0.25) is 10.0 Å². The van der Waals surface area contributed by atoms with Crippen LogP contribution in [0.1, 0.15) is 41.9 Å². The summed E-state index contributed by atoms with van der Waals surface area (Å²) in [6.07, 6.45) is 5.20. The van der Waals surface area contributed by atoms with E-state index in [2.05, 4.69) is 9.98 Å². The molecule has 6 rings (SSSR count). The van der Waals surface area contributed by atoms with Crippen molar-refractivity contribution in [3.05, 3.63) is 80.3 Å². The van der Waals surface area contributed by atoms with Crippen LogP contribution in [-0.2, 0) is 0 Å². The summed E-state index contributed by atoms with van der Waals surface area (Å²) in [5, 5.41) is 1.27. The average molecular weight is 622 g/mol. The maximum absolute atomic E-state index is 13.4. The van der Waals surface area contributed by atoms with Crippen LogP contribution in [0, 0.1) is 6.92 Å². The SMILES string of the molecule is COc1cc2c(cc1OCCCCOc1ccc3nc(C)n(-c4ccc(Cl)cc4Cl)c(=O)c3c1)N=C[C@@H]1CCCN1C2=O. The Bertz CT molecular complexity index is 1810. The van der Waals surface area contributed by atoms with Gasteiger partial charge >= 0.3 is 0 Å². The molecule has 1 atom stereocenters. The van der Waals surface area contributed by atoms with E-state index >= 15 is 0 Å². The van der Waals surface area contributed by atoms with Crippen LogP contribution in [0.4, 0.5) is 5.69 Å². The monoisotopic (exact) mass is 620 g/mol. The molecule has 0 radical (unpaired) electrons. The number of nitrogens with zero attached hydrogens (tertiary/aromatic N) is 4. The Morgan fingerprint density at radius 2 is 1.79 bits per heavy atom. The Labute approximate surface area is 258 Å². The van der Waals surface area contributed by atoms with Crippen molar-refractivity contribution in [1.29, 1.82) is 0 Å². The molecule has 3 aromatic carbocycles. The summed E-state index contributed by atoms with van der Waals surface area (Å²) in [4.78, 5) is 37.5. The lowest BCUT2D eigenvalue weighted by atomic mass is 10.1. The van der Waals surface area contributed by atoms with Gasteiger partial charge in [-0.3, -0.25) is 19.1 Å². The van der Waals surface area contributed by atoms with Gasteiger partial charge in [0, 0.05) is 23.8 Å². The molecule has 0 unspecified atom stereocenters. The van der Waals surface area contributed by atoms with Crippen LogP contribution in [-0.4, -0.2) is 59.5 Å². The molecule has 3 heterocycles. The number of carbonyl (C=O) groups excluding carboxylic acids is 1. The summed E-state index contributed by atoms with van der Waals surface area (Å²) in [6.45, 7) is 3.36. The summed E-state index contributed by atoms with van der Waals surface area (Å²) < 4.78 is 19.0. The molecule has 1 amide bonds. The van der Waals surface area contributed by atoms with Crippen LogP contribution in [0.15, 0.2) is 58.3 Å². The van der Waals surface area contributed by atoms with Gasteiger partial charge in [-0.25, -0.2) is 4.98 Å². The Kier molecular flexibility index (Phi) is 8.27. The zero-order valence-electron chi connectivity index (χ0n) is 23.8. The molecular formula is C32H30Cl2N4O5. The normalized spacial score (nSPS) is 15.8. The third-order valence-corrected chi connectivity index (χ3v) is 8.22. The lowest BCUT2D eigenvalue weighted by Crippen LogP contribution is -2.35. The fourth-order valence-corrected chi connectivity index (χ4v) is 6.00. The van der Waals surface area contributed by atoms with E-state index in [9.17, 15) is 9.59 Å². The van der Waals surface area contributed by atoms with Crippen LogP contribution >= 0.6 is 23.2 Å². The quantitative estimate of drug-likeness (QED) is 0.196. The minimum atomic E-state index is -0.244. The van der Waals surface area contributed by atoms with E-state index in [4.69, 9.17) is 37.4 Å². The van der Waals surface area contributed by atoms with Crippen LogP contribution in [0.5, 0.6) is 17.2 Å². The largest absolute Gasteiger partial charge is 0.494 e. The topological polar surface area (TPSA) is 95.2 Å². The first-order chi connectivity index (χ1) is 20.8. The van der Waals surface area contributed by atoms with Gasteiger partial charge in [0.15, 0.2) is 11.5 Å². The fourth-order valence-electron chi connectivity index (χ4n) is 5.51. The number of unbranched alkanes of at least 4 members (excludes halogenated alkanes) is 1. The Balaban J connectivity index is 1.08. The predicted molar refractivity (Wildman–Crippen MR) is 168 cm³/mol. The third-order valence-electron chi connectivity index (χ3n) is 7.68. The minimum absolute atomic E-state index is 0.0238. The van der Waals surface area contributed by atoms with E-state index in [0.717, 1.165) is 25.8 Å². The molecule has 1 aromatic heterocycles. The Morgan fingerprint density at radius 3 is 2.58 bits per heavy atom. The molecule has 43 heavy (non-hydrogen) atoms. The highest BCUT2D eigenvalue weighted by Gasteiger charge is 2.32. The first kappa shape index (κ1) is 29.0. The Hall–Kier alpha value is -4.08. The van der Waals surface area contributed by atoms with Crippen molar-refractivity contribution in [3.63, 3.8) is 0 Å². The van der Waals surface area contributed by atoms with E-state index in [0.29, 0.717) is 80.6 Å². The lowest BCUT2D eigenvalue weighted by molar-refractivity contribution is 0.0774. The number of hydrogen-bond donors (Lipinski definition) is 0. The molecule has 1 fully saturated rings. The van der Waals surface area contributed by atoms with Crippen molar-refractivity contribution < 1.29 is 19.0 Å². The second kappa shape index (κ2) is 12.3. The van der Waals surface area contributed by atoms with Crippen molar-refractivity contribution in [2.24, 2.45) is 4.99 Å². The summed E-state index contributed by atoms with van der Waals surface area (Å²) in [6, 6.07) is 13.8. The first-order valence-electron chi connectivity index (χ1n) is 14.2. The van der Waals surface area contributed by atoms with Gasteiger partial charge in [0.1, 0.15) is 11.6 Å². The first-order valence-corrected chi connectivity index (χ1v) is 14.9. The molecule has 0 aliphatic carbocycles. The highest BCUT2D eigenvalue weighted by atomic mass is 35.5. The summed E-state index contributed by atoms with van der Waals surface area (Å²) in [5.74, 6) is 2.11. The highest BCUT2D eigenvalue weighted by Crippen LogP contribution is 2.38. The molecule has 11 heteroatoms. The second-order valence-electron chi connectivity index (χ2n) is 10.5. The molecule has 4 aromatic rings. The number of carbonyl (C=O) groups is 1. The molecule has 2 aliphatic heterocycles. The molecule has 2 aliphatic rings. The van der Waals surface area contributed by atoms with E-state index < -0.39 is 0 Å². The van der Waals surface area contributed by atoms with Crippen molar-refractivity contribution in [2.75, 3.05) is 26.9 Å². The van der Waals surface area contributed by atoms with Gasteiger partial charge in [-0.2, -0.15) is 0 Å². The second-order valence-corrected chi connectivity index (χ2v) is 11.3. The van der Waals surface area contributed by atoms with Crippen molar-refractivity contribution in [2.45, 2.75) is 38.6 Å². The molecule has 9 nitrogen and oxygen atoms in total. The summed E-state index contributed by atoms with van der Waals surface area (Å²) in [7, 11) is 1.56. The molecule has 1 saturated heterocycles. The smallest absolute Gasteiger partial charge is 0.266 e. The van der Waals surface area contributed by atoms with Gasteiger partial charge < -0.3 is 19.1 Å². The standard InChI is InChI=1S/C32H30Cl2N4O5/c1-19-36-26-9-8-22(15-23(26)32(40)38(19)28-10-7-20(33)14-25(28)34)42-12-3-4-13-43-30-17-27-24(16-29(30)41-2)31(39)37-11-5-6-21(37)18-35-27/h7-10,14-18,21H,3-6,11-13H2,1-2H3/t21-/m0/s1. The number of rotatable bonds is 9. The summed E-state index contributed by atoms with van der Waals surface area (Å²) in [5.41, 5.74) is 1.97. The molecular weight excluding hydrogens is 591 g/mol. The number of ether oxygens (including phenoxy) is 3. The number of amides is 1. The number of aryl methyl sites for hydroxylation is 1. The highest BCUT2D eigenvalue weighted by molar-refractivity contribution is 6.35. The van der Waals surface area contributed by atoms with Gasteiger partial charge in [0.05, 0.1) is 59.2 Å². The minimum Gasteiger partial charge on any atom is -0.494 e. The number of halogens is 2. The number of methoxy groups -OCH3 is 1. The van der Waals surface area contributed by atoms with Gasteiger partial charge in [-0.15, -0.1) is 0 Å². The van der Waals surface area contributed by atoms with Crippen molar-refractivity contribution in [1.82, 2.24) is 14.5 Å². The van der Waals surface area contributed by atoms with E-state index in [1.807, 2.05) is 11.1 Å². The number of aromatic nitrogens is 2. The van der Waals surface area contributed by atoms with Crippen LogP contribution in [0.3, 0.4) is 0 Å². The lowest BCUT2D eigenvalue weighted by Gasteiger charge is -2.20. The molecule has 0 saturated carbocycles. The van der Waals surface area contributed by atoms with Gasteiger partial charge in [0.2, 0.25) is 0 Å². The van der Waals surface area contributed by atoms with Gasteiger partial charge in [-0.05, 0) is 75.1 Å².